The summed E-state index contributed by atoms with van der Waals surface area (Å²) >= 11 is 0. The van der Waals surface area contributed by atoms with Crippen LogP contribution in [0.2, 0.25) is 0 Å². The number of anilines is 2. The molecule has 1 aromatic carbocycles. The number of halogens is 1. The first-order valence-corrected chi connectivity index (χ1v) is 14.7. The highest BCUT2D eigenvalue weighted by Crippen LogP contribution is 2.45. The standard InChI is InChI=1S/C31H35FN8O2/c32-25-1-2-27(24(13-25)20-41)42-28-17-34-21-37-29(28)40-10-5-22(19-40)18-39-11-8-31(9-12-39)6-3-26(4-7-31)38-30-35-15-23(14-33)16-36-30/h1-2,13,15-17,20-22,26H,3-12,18-19H2,(H,35,36,38). The summed E-state index contributed by atoms with van der Waals surface area (Å²) in [6.45, 7) is 5.09. The lowest BCUT2D eigenvalue weighted by molar-refractivity contribution is 0.0583. The van der Waals surface area contributed by atoms with Crippen molar-refractivity contribution in [2.45, 2.75) is 51.0 Å². The van der Waals surface area contributed by atoms with Crippen molar-refractivity contribution in [2.24, 2.45) is 11.3 Å². The quantitative estimate of drug-likeness (QED) is 0.377. The minimum absolute atomic E-state index is 0.150. The van der Waals surface area contributed by atoms with Crippen molar-refractivity contribution >= 4 is 18.1 Å². The highest BCUT2D eigenvalue weighted by Gasteiger charge is 2.39. The van der Waals surface area contributed by atoms with Gasteiger partial charge in [0, 0.05) is 25.7 Å². The summed E-state index contributed by atoms with van der Waals surface area (Å²) in [5.74, 6) is 2.10. The monoisotopic (exact) mass is 570 g/mol. The molecule has 218 valence electrons. The second kappa shape index (κ2) is 12.4. The highest BCUT2D eigenvalue weighted by molar-refractivity contribution is 5.79. The van der Waals surface area contributed by atoms with E-state index in [2.05, 4.69) is 41.1 Å². The smallest absolute Gasteiger partial charge is 0.222 e. The van der Waals surface area contributed by atoms with Crippen molar-refractivity contribution in [2.75, 3.05) is 42.9 Å². The third-order valence-corrected chi connectivity index (χ3v) is 9.16. The molecule has 6 rings (SSSR count). The van der Waals surface area contributed by atoms with E-state index in [9.17, 15) is 9.18 Å². The van der Waals surface area contributed by atoms with E-state index in [1.165, 1.54) is 44.1 Å². The molecule has 0 bridgehead atoms. The van der Waals surface area contributed by atoms with Crippen LogP contribution < -0.4 is 15.0 Å². The molecular weight excluding hydrogens is 535 g/mol. The first kappa shape index (κ1) is 28.0. The van der Waals surface area contributed by atoms with E-state index < -0.39 is 5.82 Å². The van der Waals surface area contributed by atoms with Crippen LogP contribution in [0.5, 0.6) is 11.5 Å². The van der Waals surface area contributed by atoms with Crippen molar-refractivity contribution in [1.82, 2.24) is 24.8 Å². The number of piperidine rings is 1. The summed E-state index contributed by atoms with van der Waals surface area (Å²) in [5.41, 5.74) is 1.07. The van der Waals surface area contributed by atoms with Gasteiger partial charge in [-0.3, -0.25) is 4.79 Å². The van der Waals surface area contributed by atoms with Gasteiger partial charge in [0.15, 0.2) is 17.9 Å². The summed E-state index contributed by atoms with van der Waals surface area (Å²) in [5, 5.41) is 12.4. The summed E-state index contributed by atoms with van der Waals surface area (Å²) < 4.78 is 19.6. The molecule has 1 aliphatic carbocycles. The number of aromatic nitrogens is 4. The van der Waals surface area contributed by atoms with Crippen LogP contribution in [0.4, 0.5) is 16.2 Å². The Balaban J connectivity index is 0.982. The van der Waals surface area contributed by atoms with Gasteiger partial charge in [0.2, 0.25) is 5.95 Å². The number of benzene rings is 1. The molecule has 1 atom stereocenters. The topological polar surface area (TPSA) is 120 Å². The van der Waals surface area contributed by atoms with Gasteiger partial charge in [-0.15, -0.1) is 0 Å². The van der Waals surface area contributed by atoms with E-state index in [0.29, 0.717) is 46.7 Å². The lowest BCUT2D eigenvalue weighted by atomic mass is 9.67. The van der Waals surface area contributed by atoms with E-state index >= 15 is 0 Å². The Morgan fingerprint density at radius 3 is 2.57 bits per heavy atom. The first-order valence-electron chi connectivity index (χ1n) is 14.7. The molecular formula is C31H35FN8O2. The summed E-state index contributed by atoms with van der Waals surface area (Å²) in [4.78, 5) is 33.4. The highest BCUT2D eigenvalue weighted by atomic mass is 19.1. The van der Waals surface area contributed by atoms with Gasteiger partial charge in [0.1, 0.15) is 24.0 Å². The number of likely N-dealkylation sites (tertiary alicyclic amines) is 1. The zero-order valence-electron chi connectivity index (χ0n) is 23.6. The number of carbonyl (C=O) groups excluding carboxylic acids is 1. The molecule has 2 aliphatic heterocycles. The fourth-order valence-electron chi connectivity index (χ4n) is 6.71. The number of hydrogen-bond acceptors (Lipinski definition) is 10. The maximum absolute atomic E-state index is 13.6. The molecule has 42 heavy (non-hydrogen) atoms. The molecule has 2 saturated heterocycles. The predicted molar refractivity (Wildman–Crippen MR) is 155 cm³/mol. The third kappa shape index (κ3) is 6.34. The van der Waals surface area contributed by atoms with Gasteiger partial charge in [-0.2, -0.15) is 5.26 Å². The molecule has 3 aromatic rings. The maximum atomic E-state index is 13.6. The van der Waals surface area contributed by atoms with Crippen LogP contribution in [-0.2, 0) is 0 Å². The van der Waals surface area contributed by atoms with E-state index in [1.54, 1.807) is 18.6 Å². The second-order valence-corrected chi connectivity index (χ2v) is 11.8. The number of ether oxygens (including phenoxy) is 1. The Bertz CT molecular complexity index is 1430. The van der Waals surface area contributed by atoms with Crippen LogP contribution in [0.25, 0.3) is 0 Å². The maximum Gasteiger partial charge on any atom is 0.222 e. The van der Waals surface area contributed by atoms with Gasteiger partial charge < -0.3 is 19.9 Å². The van der Waals surface area contributed by atoms with Crippen molar-refractivity contribution in [3.63, 3.8) is 0 Å². The van der Waals surface area contributed by atoms with Gasteiger partial charge in [0.05, 0.1) is 29.7 Å². The largest absolute Gasteiger partial charge is 0.451 e. The fraction of sp³-hybridized carbons (Fsp3) is 0.484. The number of nitrogens with one attached hydrogen (secondary N) is 1. The van der Waals surface area contributed by atoms with Crippen molar-refractivity contribution < 1.29 is 13.9 Å². The number of nitrogens with zero attached hydrogens (tertiary/aromatic N) is 7. The van der Waals surface area contributed by atoms with Gasteiger partial charge in [-0.05, 0) is 87.6 Å². The number of hydrogen-bond donors (Lipinski definition) is 1. The lowest BCUT2D eigenvalue weighted by Gasteiger charge is -2.46. The fourth-order valence-corrected chi connectivity index (χ4v) is 6.71. The predicted octanol–water partition coefficient (Wildman–Crippen LogP) is 4.85. The normalized spacial score (nSPS) is 20.8. The Morgan fingerprint density at radius 1 is 1.05 bits per heavy atom. The van der Waals surface area contributed by atoms with Crippen LogP contribution in [0.15, 0.2) is 43.1 Å². The Kier molecular flexibility index (Phi) is 8.24. The Morgan fingerprint density at radius 2 is 1.83 bits per heavy atom. The Hall–Kier alpha value is -4.17. The molecule has 0 radical (unpaired) electrons. The van der Waals surface area contributed by atoms with Crippen LogP contribution in [-0.4, -0.2) is 69.9 Å². The zero-order valence-corrected chi connectivity index (χ0v) is 23.6. The van der Waals surface area contributed by atoms with Crippen LogP contribution >= 0.6 is 0 Å². The van der Waals surface area contributed by atoms with E-state index in [4.69, 9.17) is 10.00 Å². The second-order valence-electron chi connectivity index (χ2n) is 11.8. The minimum Gasteiger partial charge on any atom is -0.451 e. The van der Waals surface area contributed by atoms with Crippen molar-refractivity contribution in [3.05, 3.63) is 60.1 Å². The molecule has 11 heteroatoms. The van der Waals surface area contributed by atoms with Crippen LogP contribution in [0, 0.1) is 28.5 Å². The first-order chi connectivity index (χ1) is 20.5. The molecule has 1 N–H and O–H groups in total. The van der Waals surface area contributed by atoms with E-state index in [1.807, 2.05) is 0 Å². The molecule has 10 nitrogen and oxygen atoms in total. The summed E-state index contributed by atoms with van der Waals surface area (Å²) in [6, 6.07) is 6.34. The lowest BCUT2D eigenvalue weighted by Crippen LogP contribution is -2.45. The average molecular weight is 571 g/mol. The number of carbonyl (C=O) groups is 1. The van der Waals surface area contributed by atoms with Crippen molar-refractivity contribution in [1.29, 1.82) is 5.26 Å². The van der Waals surface area contributed by atoms with Crippen molar-refractivity contribution in [3.8, 4) is 17.6 Å². The molecule has 2 aromatic heterocycles. The zero-order chi connectivity index (χ0) is 28.9. The number of aldehydes is 1. The average Bonchev–Trinajstić information content (AvgIpc) is 3.49. The third-order valence-electron chi connectivity index (χ3n) is 9.16. The number of rotatable bonds is 8. The van der Waals surface area contributed by atoms with E-state index in [-0.39, 0.29) is 11.3 Å². The molecule has 0 amide bonds. The van der Waals surface area contributed by atoms with Gasteiger partial charge in [0.25, 0.3) is 0 Å². The molecule has 4 heterocycles. The summed E-state index contributed by atoms with van der Waals surface area (Å²) in [6.07, 6.45) is 15.1. The van der Waals surface area contributed by atoms with Crippen LogP contribution in [0.3, 0.4) is 0 Å². The minimum atomic E-state index is -0.487. The Labute approximate surface area is 245 Å². The van der Waals surface area contributed by atoms with Crippen LogP contribution in [0.1, 0.15) is 60.9 Å². The summed E-state index contributed by atoms with van der Waals surface area (Å²) in [7, 11) is 0. The SMILES string of the molecule is N#Cc1cnc(NC2CCC3(CC2)CCN(CC2CCN(c4ncncc4Oc4ccc(F)cc4C=O)C2)CC3)nc1. The van der Waals surface area contributed by atoms with E-state index in [0.717, 1.165) is 58.1 Å². The van der Waals surface area contributed by atoms with Gasteiger partial charge in [-0.1, -0.05) is 0 Å². The number of nitriles is 1. The molecule has 1 spiro atoms. The molecule has 3 fully saturated rings. The molecule has 1 saturated carbocycles. The molecule has 1 unspecified atom stereocenters. The van der Waals surface area contributed by atoms with Gasteiger partial charge >= 0.3 is 0 Å². The molecule has 3 aliphatic rings. The van der Waals surface area contributed by atoms with Gasteiger partial charge in [-0.25, -0.2) is 24.3 Å².